The van der Waals surface area contributed by atoms with Crippen molar-refractivity contribution in [1.82, 2.24) is 4.90 Å². The second kappa shape index (κ2) is 6.66. The van der Waals surface area contributed by atoms with E-state index in [4.69, 9.17) is 0 Å². The van der Waals surface area contributed by atoms with E-state index in [9.17, 15) is 17.6 Å². The zero-order valence-electron chi connectivity index (χ0n) is 11.4. The summed E-state index contributed by atoms with van der Waals surface area (Å²) in [5.41, 5.74) is 0.284. The summed E-state index contributed by atoms with van der Waals surface area (Å²) in [7, 11) is -3.34. The first-order valence-electron chi connectivity index (χ1n) is 6.42. The van der Waals surface area contributed by atoms with Gasteiger partial charge in [-0.2, -0.15) is 11.8 Å². The zero-order chi connectivity index (χ0) is 15.6. The maximum Gasteiger partial charge on any atom is 0.255 e. The monoisotopic (exact) mass is 395 g/mol. The Balaban J connectivity index is 2.33. The average Bonchev–Trinajstić information content (AvgIpc) is 2.49. The second-order valence-electron chi connectivity index (χ2n) is 4.61. The number of carbonyl (C=O) groups is 1. The molecular formula is C13H15BrFNO3S2. The third kappa shape index (κ3) is 3.60. The Labute approximate surface area is 136 Å². The van der Waals surface area contributed by atoms with Crippen molar-refractivity contribution in [2.24, 2.45) is 0 Å². The van der Waals surface area contributed by atoms with Crippen LogP contribution in [0.2, 0.25) is 0 Å². The van der Waals surface area contributed by atoms with Crippen LogP contribution in [-0.2, 0) is 9.84 Å². The molecule has 1 amide bonds. The summed E-state index contributed by atoms with van der Waals surface area (Å²) < 4.78 is 37.7. The number of halogens is 2. The summed E-state index contributed by atoms with van der Waals surface area (Å²) in [5, 5.41) is -0.808. The van der Waals surface area contributed by atoms with Gasteiger partial charge in [0.1, 0.15) is 11.2 Å². The van der Waals surface area contributed by atoms with Crippen molar-refractivity contribution in [3.63, 3.8) is 0 Å². The fourth-order valence-corrected chi connectivity index (χ4v) is 5.44. The minimum atomic E-state index is -3.34. The van der Waals surface area contributed by atoms with Crippen molar-refractivity contribution in [2.75, 3.05) is 23.8 Å². The molecule has 1 unspecified atom stereocenters. The Morgan fingerprint density at radius 3 is 2.86 bits per heavy atom. The summed E-state index contributed by atoms with van der Waals surface area (Å²) in [6.45, 7) is 1.95. The van der Waals surface area contributed by atoms with Crippen LogP contribution in [0.1, 0.15) is 17.3 Å². The predicted octanol–water partition coefficient (Wildman–Crippen LogP) is 2.54. The number of hydrogen-bond donors (Lipinski definition) is 0. The Kier molecular flexibility index (Phi) is 5.32. The van der Waals surface area contributed by atoms with Gasteiger partial charge < -0.3 is 4.90 Å². The molecule has 8 heteroatoms. The molecule has 0 saturated carbocycles. The molecular weight excluding hydrogens is 381 g/mol. The Morgan fingerprint density at radius 1 is 1.52 bits per heavy atom. The maximum absolute atomic E-state index is 13.3. The van der Waals surface area contributed by atoms with Crippen LogP contribution < -0.4 is 0 Å². The minimum absolute atomic E-state index is 0.00484. The normalized spacial score (nSPS) is 19.6. The van der Waals surface area contributed by atoms with E-state index in [0.29, 0.717) is 18.1 Å². The molecule has 1 heterocycles. The average molecular weight is 396 g/mol. The lowest BCUT2D eigenvalue weighted by atomic mass is 10.2. The van der Waals surface area contributed by atoms with Gasteiger partial charge in [0, 0.05) is 29.4 Å². The lowest BCUT2D eigenvalue weighted by Crippen LogP contribution is -2.50. The quantitative estimate of drug-likeness (QED) is 0.788. The Bertz CT molecular complexity index is 651. The molecule has 0 radical (unpaired) electrons. The highest BCUT2D eigenvalue weighted by Crippen LogP contribution is 2.25. The minimum Gasteiger partial charge on any atom is -0.320 e. The van der Waals surface area contributed by atoms with Crippen LogP contribution >= 0.6 is 27.7 Å². The molecule has 116 valence electrons. The van der Waals surface area contributed by atoms with E-state index in [1.165, 1.54) is 34.9 Å². The maximum atomic E-state index is 13.3. The summed E-state index contributed by atoms with van der Waals surface area (Å²) in [5.74, 6) is 0.236. The van der Waals surface area contributed by atoms with Crippen LogP contribution in [0.5, 0.6) is 0 Å². The first kappa shape index (κ1) is 16.8. The van der Waals surface area contributed by atoms with Gasteiger partial charge in [-0.1, -0.05) is 6.92 Å². The van der Waals surface area contributed by atoms with E-state index in [-0.39, 0.29) is 21.7 Å². The topological polar surface area (TPSA) is 54.5 Å². The van der Waals surface area contributed by atoms with Gasteiger partial charge in [0.15, 0.2) is 9.84 Å². The van der Waals surface area contributed by atoms with Gasteiger partial charge in [-0.25, -0.2) is 12.8 Å². The zero-order valence-corrected chi connectivity index (χ0v) is 14.6. The van der Waals surface area contributed by atoms with Gasteiger partial charge in [-0.3, -0.25) is 4.79 Å². The van der Waals surface area contributed by atoms with Crippen LogP contribution in [-0.4, -0.2) is 48.4 Å². The van der Waals surface area contributed by atoms with Crippen molar-refractivity contribution in [3.05, 3.63) is 34.1 Å². The molecule has 0 aliphatic carbocycles. The number of benzene rings is 1. The third-order valence-electron chi connectivity index (χ3n) is 3.33. The number of nitrogens with zero attached hydrogens (tertiary/aromatic N) is 1. The first-order chi connectivity index (χ1) is 9.86. The smallest absolute Gasteiger partial charge is 0.255 e. The highest BCUT2D eigenvalue weighted by Gasteiger charge is 2.36. The van der Waals surface area contributed by atoms with Crippen molar-refractivity contribution in [3.8, 4) is 0 Å². The van der Waals surface area contributed by atoms with Gasteiger partial charge in [0.25, 0.3) is 5.91 Å². The molecule has 0 bridgehead atoms. The molecule has 0 N–H and O–H groups in total. The molecule has 1 aliphatic heterocycles. The molecule has 1 aromatic rings. The number of hydrogen-bond acceptors (Lipinski definition) is 4. The lowest BCUT2D eigenvalue weighted by Gasteiger charge is -2.34. The fraction of sp³-hybridized carbons (Fsp3) is 0.462. The Morgan fingerprint density at radius 2 is 2.24 bits per heavy atom. The van der Waals surface area contributed by atoms with Crippen LogP contribution in [0.15, 0.2) is 22.7 Å². The second-order valence-corrected chi connectivity index (χ2v) is 9.06. The molecule has 1 fully saturated rings. The number of sulfone groups is 1. The fourth-order valence-electron chi connectivity index (χ4n) is 2.10. The molecule has 1 aliphatic rings. The summed E-state index contributed by atoms with van der Waals surface area (Å²) in [4.78, 5) is 13.9. The van der Waals surface area contributed by atoms with Crippen LogP contribution in [0.25, 0.3) is 0 Å². The van der Waals surface area contributed by atoms with E-state index in [2.05, 4.69) is 15.9 Å². The molecule has 4 nitrogen and oxygen atoms in total. The first-order valence-corrected chi connectivity index (χ1v) is 10.1. The van der Waals surface area contributed by atoms with E-state index in [1.54, 1.807) is 6.92 Å². The number of thioether (sulfide) groups is 1. The number of amides is 1. The molecule has 0 spiro atoms. The summed E-state index contributed by atoms with van der Waals surface area (Å²) in [6.07, 6.45) is 0. The van der Waals surface area contributed by atoms with Crippen LogP contribution in [0, 0.1) is 5.82 Å². The highest BCUT2D eigenvalue weighted by atomic mass is 79.9. The van der Waals surface area contributed by atoms with E-state index < -0.39 is 21.0 Å². The molecule has 1 saturated heterocycles. The standard InChI is InChI=1S/C13H15BrFNO3S2/c1-2-21(18,19)12-8-20-6-5-16(12)13(17)9-3-4-11(15)10(14)7-9/h3-4,7,12H,2,5-6,8H2,1H3. The molecule has 2 rings (SSSR count). The van der Waals surface area contributed by atoms with Crippen molar-refractivity contribution >= 4 is 43.4 Å². The Hall–Kier alpha value is -0.600. The van der Waals surface area contributed by atoms with Crippen molar-refractivity contribution < 1.29 is 17.6 Å². The SMILES string of the molecule is CCS(=O)(=O)C1CSCCN1C(=O)c1ccc(F)c(Br)c1. The van der Waals surface area contributed by atoms with E-state index in [1.807, 2.05) is 0 Å². The lowest BCUT2D eigenvalue weighted by molar-refractivity contribution is 0.0749. The highest BCUT2D eigenvalue weighted by molar-refractivity contribution is 9.10. The molecule has 1 aromatic carbocycles. The van der Waals surface area contributed by atoms with E-state index >= 15 is 0 Å². The summed E-state index contributed by atoms with van der Waals surface area (Å²) in [6, 6.07) is 3.95. The summed E-state index contributed by atoms with van der Waals surface area (Å²) >= 11 is 4.56. The van der Waals surface area contributed by atoms with Crippen LogP contribution in [0.3, 0.4) is 0 Å². The van der Waals surface area contributed by atoms with Gasteiger partial charge in [-0.15, -0.1) is 0 Å². The molecule has 0 aromatic heterocycles. The van der Waals surface area contributed by atoms with E-state index in [0.717, 1.165) is 0 Å². The third-order valence-corrected chi connectivity index (χ3v) is 7.23. The van der Waals surface area contributed by atoms with Crippen molar-refractivity contribution in [2.45, 2.75) is 12.3 Å². The number of rotatable bonds is 3. The van der Waals surface area contributed by atoms with Gasteiger partial charge in [-0.05, 0) is 34.1 Å². The van der Waals surface area contributed by atoms with Crippen LogP contribution in [0.4, 0.5) is 4.39 Å². The number of carbonyl (C=O) groups excluding carboxylic acids is 1. The van der Waals surface area contributed by atoms with Gasteiger partial charge in [0.2, 0.25) is 0 Å². The largest absolute Gasteiger partial charge is 0.320 e. The molecule has 1 atom stereocenters. The molecule has 21 heavy (non-hydrogen) atoms. The predicted molar refractivity (Wildman–Crippen MR) is 85.7 cm³/mol. The van der Waals surface area contributed by atoms with Gasteiger partial charge >= 0.3 is 0 Å². The van der Waals surface area contributed by atoms with Crippen molar-refractivity contribution in [1.29, 1.82) is 0 Å². The van der Waals surface area contributed by atoms with Gasteiger partial charge in [0.05, 0.1) is 4.47 Å².